The Bertz CT molecular complexity index is 140. The van der Waals surface area contributed by atoms with Crippen LogP contribution in [-0.2, 0) is 0 Å². The van der Waals surface area contributed by atoms with Gasteiger partial charge < -0.3 is 0 Å². The van der Waals surface area contributed by atoms with Crippen LogP contribution in [0.5, 0.6) is 0 Å². The Morgan fingerprint density at radius 2 is 2.20 bits per heavy atom. The Hall–Kier alpha value is -0.780. The largest absolute Gasteiger partial charge is 0.102 e. The maximum absolute atomic E-state index is 3.80. The van der Waals surface area contributed by atoms with Gasteiger partial charge in [0.15, 0.2) is 0 Å². The molecular formula is C10H16. The maximum Gasteiger partial charge on any atom is -0.00845 e. The van der Waals surface area contributed by atoms with E-state index in [1.165, 1.54) is 5.57 Å². The number of rotatable bonds is 4. The van der Waals surface area contributed by atoms with Gasteiger partial charge in [0.25, 0.3) is 0 Å². The Morgan fingerprint density at radius 1 is 1.60 bits per heavy atom. The smallest absolute Gasteiger partial charge is 0.00845 e. The van der Waals surface area contributed by atoms with Crippen molar-refractivity contribution in [3.63, 3.8) is 0 Å². The zero-order valence-corrected chi connectivity index (χ0v) is 6.93. The lowest BCUT2D eigenvalue weighted by atomic mass is 10.1. The van der Waals surface area contributed by atoms with E-state index in [0.717, 1.165) is 6.42 Å². The third-order valence-electron chi connectivity index (χ3n) is 1.28. The Labute approximate surface area is 64.0 Å². The van der Waals surface area contributed by atoms with E-state index in [2.05, 4.69) is 32.2 Å². The third-order valence-corrected chi connectivity index (χ3v) is 1.28. The summed E-state index contributed by atoms with van der Waals surface area (Å²) in [6, 6.07) is 0. The van der Waals surface area contributed by atoms with E-state index in [4.69, 9.17) is 0 Å². The van der Waals surface area contributed by atoms with Crippen LogP contribution in [0.2, 0.25) is 0 Å². The van der Waals surface area contributed by atoms with Crippen LogP contribution in [-0.4, -0.2) is 0 Å². The molecule has 0 nitrogen and oxygen atoms in total. The second-order valence-corrected chi connectivity index (χ2v) is 2.68. The van der Waals surface area contributed by atoms with E-state index in [9.17, 15) is 0 Å². The second-order valence-electron chi connectivity index (χ2n) is 2.68. The van der Waals surface area contributed by atoms with Crippen LogP contribution in [0.15, 0.2) is 37.0 Å². The van der Waals surface area contributed by atoms with Crippen molar-refractivity contribution in [2.45, 2.75) is 20.3 Å². The molecule has 0 amide bonds. The summed E-state index contributed by atoms with van der Waals surface area (Å²) in [5.74, 6) is 0.486. The molecule has 0 N–H and O–H groups in total. The van der Waals surface area contributed by atoms with Crippen LogP contribution in [0.3, 0.4) is 0 Å². The average molecular weight is 136 g/mol. The van der Waals surface area contributed by atoms with Crippen molar-refractivity contribution < 1.29 is 0 Å². The summed E-state index contributed by atoms with van der Waals surface area (Å²) < 4.78 is 0. The van der Waals surface area contributed by atoms with Crippen LogP contribution >= 0.6 is 0 Å². The van der Waals surface area contributed by atoms with Gasteiger partial charge in [0.05, 0.1) is 0 Å². The fourth-order valence-corrected chi connectivity index (χ4v) is 0.562. The summed E-state index contributed by atoms with van der Waals surface area (Å²) in [6.07, 6.45) is 7.18. The van der Waals surface area contributed by atoms with E-state index < -0.39 is 0 Å². The van der Waals surface area contributed by atoms with Crippen LogP contribution < -0.4 is 0 Å². The molecule has 0 heteroatoms. The molecule has 0 saturated carbocycles. The lowest BCUT2D eigenvalue weighted by molar-refractivity contribution is 0.935. The lowest BCUT2D eigenvalue weighted by Crippen LogP contribution is -1.79. The highest BCUT2D eigenvalue weighted by Gasteiger charge is 1.85. The minimum absolute atomic E-state index is 0.486. The number of hydrogen-bond acceptors (Lipinski definition) is 0. The van der Waals surface area contributed by atoms with Gasteiger partial charge in [0.2, 0.25) is 0 Å². The molecule has 0 aromatic heterocycles. The van der Waals surface area contributed by atoms with Gasteiger partial charge in [0, 0.05) is 0 Å². The second kappa shape index (κ2) is 5.04. The van der Waals surface area contributed by atoms with Gasteiger partial charge in [-0.3, -0.25) is 0 Å². The molecule has 0 fully saturated rings. The zero-order chi connectivity index (χ0) is 7.98. The summed E-state index contributed by atoms with van der Waals surface area (Å²) in [7, 11) is 0. The Balaban J connectivity index is 3.55. The SMILES string of the molecule is C=C[C@H](C)C=CCC(=C)C. The highest BCUT2D eigenvalue weighted by atomic mass is 13.9. The highest BCUT2D eigenvalue weighted by Crippen LogP contribution is 2.01. The number of hydrogen-bond donors (Lipinski definition) is 0. The first-order chi connectivity index (χ1) is 4.66. The van der Waals surface area contributed by atoms with E-state index >= 15 is 0 Å². The van der Waals surface area contributed by atoms with Crippen LogP contribution in [0.1, 0.15) is 20.3 Å². The van der Waals surface area contributed by atoms with Gasteiger partial charge in [-0.15, -0.1) is 6.58 Å². The normalized spacial score (nSPS) is 13.4. The molecule has 0 bridgehead atoms. The van der Waals surface area contributed by atoms with Crippen LogP contribution in [0.4, 0.5) is 0 Å². The molecular weight excluding hydrogens is 120 g/mol. The van der Waals surface area contributed by atoms with Crippen molar-refractivity contribution in [3.05, 3.63) is 37.0 Å². The molecule has 0 radical (unpaired) electrons. The van der Waals surface area contributed by atoms with Gasteiger partial charge >= 0.3 is 0 Å². The molecule has 0 unspecified atom stereocenters. The molecule has 10 heavy (non-hydrogen) atoms. The fourth-order valence-electron chi connectivity index (χ4n) is 0.562. The van der Waals surface area contributed by atoms with Crippen molar-refractivity contribution in [1.82, 2.24) is 0 Å². The molecule has 1 atom stereocenters. The first-order valence-electron chi connectivity index (χ1n) is 3.60. The van der Waals surface area contributed by atoms with E-state index in [1.54, 1.807) is 0 Å². The van der Waals surface area contributed by atoms with Crippen LogP contribution in [0.25, 0.3) is 0 Å². The molecule has 0 saturated heterocycles. The molecule has 0 aromatic rings. The summed E-state index contributed by atoms with van der Waals surface area (Å²) >= 11 is 0. The predicted molar refractivity (Wildman–Crippen MR) is 47.9 cm³/mol. The van der Waals surface area contributed by atoms with Crippen molar-refractivity contribution in [2.24, 2.45) is 5.92 Å². The molecule has 56 valence electrons. The van der Waals surface area contributed by atoms with Gasteiger partial charge in [-0.25, -0.2) is 0 Å². The van der Waals surface area contributed by atoms with Crippen LogP contribution in [0, 0.1) is 5.92 Å². The van der Waals surface area contributed by atoms with Gasteiger partial charge in [-0.2, -0.15) is 0 Å². The van der Waals surface area contributed by atoms with E-state index in [-0.39, 0.29) is 0 Å². The topological polar surface area (TPSA) is 0 Å². The molecule has 0 spiro atoms. The lowest BCUT2D eigenvalue weighted by Gasteiger charge is -1.94. The summed E-state index contributed by atoms with van der Waals surface area (Å²) in [5.41, 5.74) is 1.20. The molecule has 0 aliphatic rings. The molecule has 0 heterocycles. The van der Waals surface area contributed by atoms with E-state index in [1.807, 2.05) is 13.0 Å². The monoisotopic (exact) mass is 136 g/mol. The summed E-state index contributed by atoms with van der Waals surface area (Å²) in [6.45, 7) is 11.6. The van der Waals surface area contributed by atoms with Crippen molar-refractivity contribution >= 4 is 0 Å². The Morgan fingerprint density at radius 3 is 2.60 bits per heavy atom. The Kier molecular flexibility index (Phi) is 4.65. The minimum atomic E-state index is 0.486. The first-order valence-corrected chi connectivity index (χ1v) is 3.60. The van der Waals surface area contributed by atoms with E-state index in [0.29, 0.717) is 5.92 Å². The first kappa shape index (κ1) is 9.22. The van der Waals surface area contributed by atoms with Gasteiger partial charge in [-0.1, -0.05) is 37.3 Å². The van der Waals surface area contributed by atoms with Gasteiger partial charge in [-0.05, 0) is 19.3 Å². The maximum atomic E-state index is 3.80. The molecule has 0 rings (SSSR count). The minimum Gasteiger partial charge on any atom is -0.102 e. The highest BCUT2D eigenvalue weighted by molar-refractivity contribution is 5.02. The zero-order valence-electron chi connectivity index (χ0n) is 6.93. The average Bonchev–Trinajstić information content (AvgIpc) is 1.87. The standard InChI is InChI=1S/C10H16/c1-5-10(4)8-6-7-9(2)3/h5-6,8,10H,1-2,7H2,3-4H3/t10-/m0/s1. The third kappa shape index (κ3) is 5.36. The predicted octanol–water partition coefficient (Wildman–Crippen LogP) is 3.33. The molecule has 0 aliphatic heterocycles. The quantitative estimate of drug-likeness (QED) is 0.520. The number of allylic oxidation sites excluding steroid dienone is 4. The summed E-state index contributed by atoms with van der Waals surface area (Å²) in [4.78, 5) is 0. The molecule has 0 aliphatic carbocycles. The molecule has 0 aromatic carbocycles. The van der Waals surface area contributed by atoms with Crippen molar-refractivity contribution in [1.29, 1.82) is 0 Å². The van der Waals surface area contributed by atoms with Crippen molar-refractivity contribution in [2.75, 3.05) is 0 Å². The summed E-state index contributed by atoms with van der Waals surface area (Å²) in [5, 5.41) is 0. The van der Waals surface area contributed by atoms with Crippen molar-refractivity contribution in [3.8, 4) is 0 Å². The fraction of sp³-hybridized carbons (Fsp3) is 0.400. The van der Waals surface area contributed by atoms with Gasteiger partial charge in [0.1, 0.15) is 0 Å².